The fourth-order valence-electron chi connectivity index (χ4n) is 3.86. The number of aromatic nitrogens is 1. The lowest BCUT2D eigenvalue weighted by Gasteiger charge is -2.35. The Morgan fingerprint density at radius 2 is 1.59 bits per heavy atom. The van der Waals surface area contributed by atoms with E-state index in [1.807, 2.05) is 42.5 Å². The van der Waals surface area contributed by atoms with Gasteiger partial charge in [0.15, 0.2) is 0 Å². The van der Waals surface area contributed by atoms with Gasteiger partial charge in [0.25, 0.3) is 5.91 Å². The minimum absolute atomic E-state index is 0.224. The molecule has 1 fully saturated rings. The number of hydrogen-bond donors (Lipinski definition) is 1. The molecule has 32 heavy (non-hydrogen) atoms. The van der Waals surface area contributed by atoms with Crippen molar-refractivity contribution in [2.75, 3.05) is 57.7 Å². The zero-order valence-corrected chi connectivity index (χ0v) is 18.7. The normalized spacial score (nSPS) is 14.2. The fourth-order valence-corrected chi connectivity index (χ4v) is 3.86. The summed E-state index contributed by atoms with van der Waals surface area (Å²) < 4.78 is 11.1. The number of methoxy groups -OCH3 is 2. The van der Waals surface area contributed by atoms with Crippen molar-refractivity contribution in [3.05, 3.63) is 66.5 Å². The maximum absolute atomic E-state index is 13.1. The van der Waals surface area contributed by atoms with Crippen molar-refractivity contribution in [1.82, 2.24) is 9.88 Å². The van der Waals surface area contributed by atoms with Gasteiger partial charge in [-0.3, -0.25) is 9.78 Å². The molecular formula is C25H28N4O3. The molecule has 0 spiro atoms. The Kier molecular flexibility index (Phi) is 6.56. The Balaban J connectivity index is 1.56. The molecule has 7 nitrogen and oxygen atoms in total. The summed E-state index contributed by atoms with van der Waals surface area (Å²) in [5, 5.41) is 3.01. The molecule has 1 amide bonds. The summed E-state index contributed by atoms with van der Waals surface area (Å²) in [6.45, 7) is 3.80. The molecule has 0 saturated carbocycles. The summed E-state index contributed by atoms with van der Waals surface area (Å²) >= 11 is 0. The third-order valence-corrected chi connectivity index (χ3v) is 5.74. The maximum Gasteiger partial charge on any atom is 0.259 e. The van der Waals surface area contributed by atoms with Gasteiger partial charge in [-0.1, -0.05) is 6.07 Å². The topological polar surface area (TPSA) is 66.9 Å². The first-order valence-corrected chi connectivity index (χ1v) is 10.6. The van der Waals surface area contributed by atoms with Gasteiger partial charge in [0.2, 0.25) is 0 Å². The molecule has 3 aromatic rings. The van der Waals surface area contributed by atoms with E-state index in [0.717, 1.165) is 48.7 Å². The molecular weight excluding hydrogens is 404 g/mol. The SMILES string of the molecule is COc1cc(-c2ccncc2)ccc1C(=O)Nc1ccc(OC)c(N2CCN(C)CC2)c1. The summed E-state index contributed by atoms with van der Waals surface area (Å²) in [4.78, 5) is 21.7. The van der Waals surface area contributed by atoms with Crippen molar-refractivity contribution in [3.63, 3.8) is 0 Å². The Morgan fingerprint density at radius 1 is 0.875 bits per heavy atom. The highest BCUT2D eigenvalue weighted by Crippen LogP contribution is 2.33. The van der Waals surface area contributed by atoms with Gasteiger partial charge in [-0.2, -0.15) is 0 Å². The molecule has 2 heterocycles. The number of pyridine rings is 1. The Hall–Kier alpha value is -3.58. The van der Waals surface area contributed by atoms with Gasteiger partial charge in [-0.05, 0) is 60.6 Å². The van der Waals surface area contributed by atoms with E-state index < -0.39 is 0 Å². The van der Waals surface area contributed by atoms with Crippen molar-refractivity contribution in [3.8, 4) is 22.6 Å². The number of nitrogens with zero attached hydrogens (tertiary/aromatic N) is 3. The molecule has 0 radical (unpaired) electrons. The highest BCUT2D eigenvalue weighted by molar-refractivity contribution is 6.06. The van der Waals surface area contributed by atoms with E-state index in [0.29, 0.717) is 17.0 Å². The van der Waals surface area contributed by atoms with E-state index in [4.69, 9.17) is 9.47 Å². The van der Waals surface area contributed by atoms with E-state index in [9.17, 15) is 4.79 Å². The van der Waals surface area contributed by atoms with Crippen LogP contribution in [0.2, 0.25) is 0 Å². The minimum Gasteiger partial charge on any atom is -0.496 e. The molecule has 2 aromatic carbocycles. The fraction of sp³-hybridized carbons (Fsp3) is 0.280. The molecule has 166 valence electrons. The van der Waals surface area contributed by atoms with Crippen LogP contribution in [0.4, 0.5) is 11.4 Å². The zero-order valence-electron chi connectivity index (χ0n) is 18.7. The molecule has 4 rings (SSSR count). The molecule has 1 saturated heterocycles. The average molecular weight is 433 g/mol. The number of anilines is 2. The number of hydrogen-bond acceptors (Lipinski definition) is 6. The van der Waals surface area contributed by atoms with Gasteiger partial charge >= 0.3 is 0 Å². The van der Waals surface area contributed by atoms with Crippen molar-refractivity contribution in [2.45, 2.75) is 0 Å². The lowest BCUT2D eigenvalue weighted by molar-refractivity contribution is 0.102. The molecule has 0 bridgehead atoms. The second-order valence-electron chi connectivity index (χ2n) is 7.78. The minimum atomic E-state index is -0.224. The van der Waals surface area contributed by atoms with Crippen LogP contribution in [-0.2, 0) is 0 Å². The van der Waals surface area contributed by atoms with E-state index in [1.54, 1.807) is 32.7 Å². The van der Waals surface area contributed by atoms with Gasteiger partial charge in [-0.15, -0.1) is 0 Å². The third-order valence-electron chi connectivity index (χ3n) is 5.74. The van der Waals surface area contributed by atoms with Crippen molar-refractivity contribution in [2.24, 2.45) is 0 Å². The summed E-state index contributed by atoms with van der Waals surface area (Å²) in [6.07, 6.45) is 3.48. The first kappa shape index (κ1) is 21.6. The van der Waals surface area contributed by atoms with Crippen molar-refractivity contribution < 1.29 is 14.3 Å². The van der Waals surface area contributed by atoms with Gasteiger partial charge in [0, 0.05) is 44.3 Å². The molecule has 0 aliphatic carbocycles. The lowest BCUT2D eigenvalue weighted by Crippen LogP contribution is -2.44. The van der Waals surface area contributed by atoms with Crippen LogP contribution >= 0.6 is 0 Å². The largest absolute Gasteiger partial charge is 0.496 e. The van der Waals surface area contributed by atoms with Gasteiger partial charge in [-0.25, -0.2) is 0 Å². The number of rotatable bonds is 6. The molecule has 1 aliphatic heterocycles. The Labute approximate surface area is 188 Å². The highest BCUT2D eigenvalue weighted by Gasteiger charge is 2.19. The number of likely N-dealkylation sites (N-methyl/N-ethyl adjacent to an activating group) is 1. The second kappa shape index (κ2) is 9.70. The van der Waals surface area contributed by atoms with Gasteiger partial charge in [0.1, 0.15) is 11.5 Å². The maximum atomic E-state index is 13.1. The standard InChI is InChI=1S/C25H28N4O3/c1-28-12-14-29(15-13-28)22-17-20(5-7-23(22)31-2)27-25(30)21-6-4-19(16-24(21)32-3)18-8-10-26-11-9-18/h4-11,16-17H,12-15H2,1-3H3,(H,27,30). The third kappa shape index (κ3) is 4.68. The van der Waals surface area contributed by atoms with Crippen LogP contribution in [0.15, 0.2) is 60.9 Å². The van der Waals surface area contributed by atoms with Crippen molar-refractivity contribution in [1.29, 1.82) is 0 Å². The number of nitrogens with one attached hydrogen (secondary N) is 1. The highest BCUT2D eigenvalue weighted by atomic mass is 16.5. The number of piperazine rings is 1. The number of benzene rings is 2. The zero-order chi connectivity index (χ0) is 22.5. The summed E-state index contributed by atoms with van der Waals surface area (Å²) in [7, 11) is 5.36. The van der Waals surface area contributed by atoms with Gasteiger partial charge in [0.05, 0.1) is 25.5 Å². The van der Waals surface area contributed by atoms with Crippen LogP contribution < -0.4 is 19.7 Å². The van der Waals surface area contributed by atoms with Crippen LogP contribution in [0.5, 0.6) is 11.5 Å². The number of carbonyl (C=O) groups excluding carboxylic acids is 1. The van der Waals surface area contributed by atoms with E-state index in [2.05, 4.69) is 27.1 Å². The summed E-state index contributed by atoms with van der Waals surface area (Å²) in [5.41, 5.74) is 4.14. The van der Waals surface area contributed by atoms with Crippen molar-refractivity contribution >= 4 is 17.3 Å². The molecule has 1 N–H and O–H groups in total. The quantitative estimate of drug-likeness (QED) is 0.640. The first-order chi connectivity index (χ1) is 15.6. The average Bonchev–Trinajstić information content (AvgIpc) is 2.84. The smallest absolute Gasteiger partial charge is 0.259 e. The monoisotopic (exact) mass is 432 g/mol. The number of ether oxygens (including phenoxy) is 2. The van der Waals surface area contributed by atoms with Crippen LogP contribution in [0, 0.1) is 0 Å². The predicted molar refractivity (Wildman–Crippen MR) is 127 cm³/mol. The van der Waals surface area contributed by atoms with Crippen LogP contribution in [-0.4, -0.2) is 63.2 Å². The van der Waals surface area contributed by atoms with Crippen LogP contribution in [0.25, 0.3) is 11.1 Å². The van der Waals surface area contributed by atoms with Crippen LogP contribution in [0.3, 0.4) is 0 Å². The Bertz CT molecular complexity index is 1080. The summed E-state index contributed by atoms with van der Waals surface area (Å²) in [5.74, 6) is 1.09. The van der Waals surface area contributed by atoms with E-state index in [-0.39, 0.29) is 5.91 Å². The molecule has 0 unspecified atom stereocenters. The first-order valence-electron chi connectivity index (χ1n) is 10.6. The Morgan fingerprint density at radius 3 is 2.28 bits per heavy atom. The lowest BCUT2D eigenvalue weighted by atomic mass is 10.0. The molecule has 0 atom stereocenters. The number of carbonyl (C=O) groups is 1. The van der Waals surface area contributed by atoms with Gasteiger partial charge < -0.3 is 24.6 Å². The van der Waals surface area contributed by atoms with E-state index >= 15 is 0 Å². The summed E-state index contributed by atoms with van der Waals surface area (Å²) in [6, 6.07) is 15.1. The molecule has 1 aromatic heterocycles. The number of amides is 1. The molecule has 1 aliphatic rings. The van der Waals surface area contributed by atoms with Crippen LogP contribution in [0.1, 0.15) is 10.4 Å². The van der Waals surface area contributed by atoms with E-state index in [1.165, 1.54) is 0 Å². The molecule has 7 heteroatoms. The predicted octanol–water partition coefficient (Wildman–Crippen LogP) is 3.77. The second-order valence-corrected chi connectivity index (χ2v) is 7.78.